The molecule has 0 amide bonds. The molecule has 20 heavy (non-hydrogen) atoms. The second kappa shape index (κ2) is 6.83. The number of nitrogens with one attached hydrogen (secondary N) is 1. The van der Waals surface area contributed by atoms with Gasteiger partial charge in [0.25, 0.3) is 0 Å². The van der Waals surface area contributed by atoms with E-state index in [1.54, 1.807) is 12.1 Å². The average Bonchev–Trinajstić information content (AvgIpc) is 2.49. The van der Waals surface area contributed by atoms with Crippen LogP contribution < -0.4 is 5.32 Å². The molecule has 0 atom stereocenters. The molecule has 0 aliphatic rings. The highest BCUT2D eigenvalue weighted by Crippen LogP contribution is 2.12. The molecule has 0 heterocycles. The van der Waals surface area contributed by atoms with E-state index < -0.39 is 0 Å². The van der Waals surface area contributed by atoms with Crippen molar-refractivity contribution in [2.24, 2.45) is 0 Å². The number of benzene rings is 2. The van der Waals surface area contributed by atoms with Crippen molar-refractivity contribution >= 4 is 0 Å². The molecule has 0 unspecified atom stereocenters. The van der Waals surface area contributed by atoms with Crippen LogP contribution in [0.25, 0.3) is 0 Å². The van der Waals surface area contributed by atoms with Crippen LogP contribution >= 0.6 is 0 Å². The van der Waals surface area contributed by atoms with Crippen LogP contribution in [0, 0.1) is 17.1 Å². The molecule has 2 aromatic rings. The summed E-state index contributed by atoms with van der Waals surface area (Å²) in [7, 11) is 0. The zero-order valence-corrected chi connectivity index (χ0v) is 11.5. The van der Waals surface area contributed by atoms with Gasteiger partial charge in [0.2, 0.25) is 0 Å². The Hall–Kier alpha value is -2.18. The number of rotatable bonds is 5. The van der Waals surface area contributed by atoms with Crippen molar-refractivity contribution in [3.63, 3.8) is 0 Å². The zero-order chi connectivity index (χ0) is 14.4. The van der Waals surface area contributed by atoms with Gasteiger partial charge in [-0.15, -0.1) is 0 Å². The molecule has 0 aromatic heterocycles. The molecule has 2 rings (SSSR count). The van der Waals surface area contributed by atoms with E-state index in [-0.39, 0.29) is 5.82 Å². The minimum atomic E-state index is -0.333. The third-order valence-electron chi connectivity index (χ3n) is 3.31. The molecule has 0 radical (unpaired) electrons. The topological polar surface area (TPSA) is 35.8 Å². The smallest absolute Gasteiger partial charge is 0.129 e. The lowest BCUT2D eigenvalue weighted by Gasteiger charge is -2.10. The van der Waals surface area contributed by atoms with Gasteiger partial charge in [-0.2, -0.15) is 5.26 Å². The quantitative estimate of drug-likeness (QED) is 0.900. The van der Waals surface area contributed by atoms with Crippen LogP contribution in [-0.4, -0.2) is 0 Å². The molecule has 0 saturated heterocycles. The number of hydrogen-bond donors (Lipinski definition) is 1. The molecule has 0 aliphatic heterocycles. The molecule has 0 fully saturated rings. The Morgan fingerprint density at radius 2 is 1.75 bits per heavy atom. The average molecular weight is 268 g/mol. The largest absolute Gasteiger partial charge is 0.309 e. The van der Waals surface area contributed by atoms with Gasteiger partial charge in [0.05, 0.1) is 11.6 Å². The van der Waals surface area contributed by atoms with Gasteiger partial charge < -0.3 is 5.32 Å². The van der Waals surface area contributed by atoms with Crippen molar-refractivity contribution in [1.82, 2.24) is 5.32 Å². The fraction of sp³-hybridized carbons (Fsp3) is 0.235. The van der Waals surface area contributed by atoms with Crippen LogP contribution in [0.5, 0.6) is 0 Å². The summed E-state index contributed by atoms with van der Waals surface area (Å²) in [6, 6.07) is 14.7. The Balaban J connectivity index is 1.98. The number of nitrogens with zero attached hydrogens (tertiary/aromatic N) is 1. The number of halogens is 1. The fourth-order valence-corrected chi connectivity index (χ4v) is 2.17. The van der Waals surface area contributed by atoms with E-state index in [1.807, 2.05) is 18.2 Å². The van der Waals surface area contributed by atoms with E-state index in [1.165, 1.54) is 17.2 Å². The summed E-state index contributed by atoms with van der Waals surface area (Å²) < 4.78 is 13.7. The van der Waals surface area contributed by atoms with Crippen molar-refractivity contribution in [2.45, 2.75) is 26.4 Å². The Labute approximate surface area is 118 Å². The molecule has 3 heteroatoms. The van der Waals surface area contributed by atoms with Crippen LogP contribution in [0.4, 0.5) is 4.39 Å². The monoisotopic (exact) mass is 268 g/mol. The van der Waals surface area contributed by atoms with E-state index in [4.69, 9.17) is 5.26 Å². The lowest BCUT2D eigenvalue weighted by atomic mass is 10.1. The standard InChI is InChI=1S/C17H17FN2/c1-2-14-5-3-4-6-15(14)11-20-12-16-8-7-13(10-19)9-17(16)18/h3-9,20H,2,11-12H2,1H3. The van der Waals surface area contributed by atoms with Crippen molar-refractivity contribution in [3.8, 4) is 6.07 Å². The van der Waals surface area contributed by atoms with Gasteiger partial charge in [0.1, 0.15) is 5.82 Å². The summed E-state index contributed by atoms with van der Waals surface area (Å²) in [5.74, 6) is -0.333. The summed E-state index contributed by atoms with van der Waals surface area (Å²) >= 11 is 0. The summed E-state index contributed by atoms with van der Waals surface area (Å²) in [6.45, 7) is 3.29. The maximum absolute atomic E-state index is 13.7. The van der Waals surface area contributed by atoms with E-state index in [0.29, 0.717) is 24.2 Å². The molecular weight excluding hydrogens is 251 g/mol. The SMILES string of the molecule is CCc1ccccc1CNCc1ccc(C#N)cc1F. The lowest BCUT2D eigenvalue weighted by Crippen LogP contribution is -2.15. The highest BCUT2D eigenvalue weighted by molar-refractivity contribution is 5.33. The van der Waals surface area contributed by atoms with Gasteiger partial charge in [-0.05, 0) is 29.7 Å². The van der Waals surface area contributed by atoms with Crippen LogP contribution in [0.3, 0.4) is 0 Å². The van der Waals surface area contributed by atoms with E-state index in [9.17, 15) is 4.39 Å². The predicted molar refractivity (Wildman–Crippen MR) is 77.5 cm³/mol. The van der Waals surface area contributed by atoms with Gasteiger partial charge in [0.15, 0.2) is 0 Å². The van der Waals surface area contributed by atoms with Gasteiger partial charge >= 0.3 is 0 Å². The Morgan fingerprint density at radius 3 is 2.40 bits per heavy atom. The van der Waals surface area contributed by atoms with Crippen molar-refractivity contribution < 1.29 is 4.39 Å². The summed E-state index contributed by atoms with van der Waals surface area (Å²) in [5.41, 5.74) is 3.48. The highest BCUT2D eigenvalue weighted by atomic mass is 19.1. The van der Waals surface area contributed by atoms with Crippen LogP contribution in [-0.2, 0) is 19.5 Å². The van der Waals surface area contributed by atoms with Crippen molar-refractivity contribution in [2.75, 3.05) is 0 Å². The predicted octanol–water partition coefficient (Wildman–Crippen LogP) is 3.55. The van der Waals surface area contributed by atoms with Gasteiger partial charge in [-0.3, -0.25) is 0 Å². The molecule has 0 aliphatic carbocycles. The second-order valence-corrected chi connectivity index (χ2v) is 4.64. The minimum Gasteiger partial charge on any atom is -0.309 e. The lowest BCUT2D eigenvalue weighted by molar-refractivity contribution is 0.587. The first-order valence-corrected chi connectivity index (χ1v) is 6.70. The molecule has 1 N–H and O–H groups in total. The summed E-state index contributed by atoms with van der Waals surface area (Å²) in [4.78, 5) is 0. The van der Waals surface area contributed by atoms with Crippen LogP contribution in [0.1, 0.15) is 29.2 Å². The van der Waals surface area contributed by atoms with Crippen LogP contribution in [0.2, 0.25) is 0 Å². The van der Waals surface area contributed by atoms with Crippen molar-refractivity contribution in [3.05, 3.63) is 70.5 Å². The number of hydrogen-bond acceptors (Lipinski definition) is 2. The van der Waals surface area contributed by atoms with Gasteiger partial charge in [-0.25, -0.2) is 4.39 Å². The molecule has 2 nitrogen and oxygen atoms in total. The first-order chi connectivity index (χ1) is 9.74. The molecule has 0 spiro atoms. The summed E-state index contributed by atoms with van der Waals surface area (Å²) in [5, 5.41) is 12.0. The number of nitriles is 1. The third kappa shape index (κ3) is 3.43. The first kappa shape index (κ1) is 14.2. The Bertz CT molecular complexity index is 629. The maximum Gasteiger partial charge on any atom is 0.129 e. The van der Waals surface area contributed by atoms with Gasteiger partial charge in [-0.1, -0.05) is 37.3 Å². The minimum absolute atomic E-state index is 0.333. The normalized spacial score (nSPS) is 10.2. The van der Waals surface area contributed by atoms with Gasteiger partial charge in [0, 0.05) is 18.7 Å². The molecule has 102 valence electrons. The Morgan fingerprint density at radius 1 is 1.05 bits per heavy atom. The maximum atomic E-state index is 13.7. The van der Waals surface area contributed by atoms with Crippen molar-refractivity contribution in [1.29, 1.82) is 5.26 Å². The first-order valence-electron chi connectivity index (χ1n) is 6.70. The van der Waals surface area contributed by atoms with E-state index in [0.717, 1.165) is 6.42 Å². The molecular formula is C17H17FN2. The number of aryl methyl sites for hydroxylation is 1. The fourth-order valence-electron chi connectivity index (χ4n) is 2.17. The molecule has 0 bridgehead atoms. The van der Waals surface area contributed by atoms with E-state index in [2.05, 4.69) is 24.4 Å². The molecule has 0 saturated carbocycles. The molecule has 2 aromatic carbocycles. The highest BCUT2D eigenvalue weighted by Gasteiger charge is 2.04. The van der Waals surface area contributed by atoms with Crippen LogP contribution in [0.15, 0.2) is 42.5 Å². The Kier molecular flexibility index (Phi) is 4.86. The summed E-state index contributed by atoms with van der Waals surface area (Å²) in [6.07, 6.45) is 0.989. The van der Waals surface area contributed by atoms with E-state index >= 15 is 0 Å². The zero-order valence-electron chi connectivity index (χ0n) is 11.5. The third-order valence-corrected chi connectivity index (χ3v) is 3.31. The second-order valence-electron chi connectivity index (χ2n) is 4.64.